The van der Waals surface area contributed by atoms with Crippen molar-refractivity contribution in [1.82, 2.24) is 24.7 Å². The van der Waals surface area contributed by atoms with Crippen LogP contribution < -0.4 is 10.9 Å². The number of anilines is 1. The van der Waals surface area contributed by atoms with E-state index in [-0.39, 0.29) is 23.1 Å². The SMILES string of the molecule is CCc1cc(=O)nc(-n2nc(C)cc2NC(=O)c2ccccn2)[nH]1. The lowest BCUT2D eigenvalue weighted by Crippen LogP contribution is -2.19. The first-order valence-corrected chi connectivity index (χ1v) is 7.46. The first-order valence-electron chi connectivity index (χ1n) is 7.46. The van der Waals surface area contributed by atoms with Crippen LogP contribution in [0.3, 0.4) is 0 Å². The first kappa shape index (κ1) is 15.6. The minimum absolute atomic E-state index is 0.253. The van der Waals surface area contributed by atoms with Gasteiger partial charge in [-0.2, -0.15) is 14.8 Å². The summed E-state index contributed by atoms with van der Waals surface area (Å²) in [5.74, 6) is 0.286. The molecule has 0 saturated carbocycles. The van der Waals surface area contributed by atoms with Gasteiger partial charge in [0, 0.05) is 24.0 Å². The Balaban J connectivity index is 1.98. The van der Waals surface area contributed by atoms with Crippen LogP contribution >= 0.6 is 0 Å². The van der Waals surface area contributed by atoms with Crippen LogP contribution in [0, 0.1) is 6.92 Å². The molecule has 0 atom stereocenters. The zero-order valence-electron chi connectivity index (χ0n) is 13.3. The van der Waals surface area contributed by atoms with Gasteiger partial charge in [-0.25, -0.2) is 0 Å². The van der Waals surface area contributed by atoms with Gasteiger partial charge in [-0.3, -0.25) is 14.6 Å². The van der Waals surface area contributed by atoms with Crippen molar-refractivity contribution >= 4 is 11.7 Å². The van der Waals surface area contributed by atoms with Gasteiger partial charge in [0.1, 0.15) is 11.5 Å². The van der Waals surface area contributed by atoms with Gasteiger partial charge in [0.15, 0.2) is 0 Å². The van der Waals surface area contributed by atoms with E-state index in [1.54, 1.807) is 37.4 Å². The molecule has 8 heteroatoms. The molecule has 3 aromatic heterocycles. The van der Waals surface area contributed by atoms with Crippen molar-refractivity contribution in [3.8, 4) is 5.95 Å². The molecule has 0 radical (unpaired) electrons. The minimum atomic E-state index is -0.370. The summed E-state index contributed by atoms with van der Waals surface area (Å²) in [6, 6.07) is 8.20. The van der Waals surface area contributed by atoms with Crippen LogP contribution in [0.4, 0.5) is 5.82 Å². The fraction of sp³-hybridized carbons (Fsp3) is 0.188. The summed E-state index contributed by atoms with van der Waals surface area (Å²) in [6.45, 7) is 3.71. The summed E-state index contributed by atoms with van der Waals surface area (Å²) in [5.41, 5.74) is 1.33. The van der Waals surface area contributed by atoms with Gasteiger partial charge in [-0.05, 0) is 25.5 Å². The Morgan fingerprint density at radius 2 is 2.17 bits per heavy atom. The molecule has 0 aliphatic rings. The molecule has 3 rings (SSSR count). The number of nitrogens with one attached hydrogen (secondary N) is 2. The highest BCUT2D eigenvalue weighted by molar-refractivity contribution is 6.02. The molecular weight excluding hydrogens is 308 g/mol. The Morgan fingerprint density at radius 1 is 1.33 bits per heavy atom. The number of amides is 1. The van der Waals surface area contributed by atoms with E-state index < -0.39 is 0 Å². The molecule has 1 amide bonds. The average molecular weight is 324 g/mol. The van der Waals surface area contributed by atoms with Crippen LogP contribution in [0.5, 0.6) is 0 Å². The summed E-state index contributed by atoms with van der Waals surface area (Å²) in [7, 11) is 0. The standard InChI is InChI=1S/C16H16N6O2/c1-3-11-9-14(23)20-16(18-11)22-13(8-10(2)21-22)19-15(24)12-6-4-5-7-17-12/h4-9H,3H2,1-2H3,(H,19,24)(H,18,20,23). The molecule has 2 N–H and O–H groups in total. The third kappa shape index (κ3) is 3.22. The smallest absolute Gasteiger partial charge is 0.275 e. The molecule has 24 heavy (non-hydrogen) atoms. The topological polar surface area (TPSA) is 106 Å². The van der Waals surface area contributed by atoms with E-state index in [0.29, 0.717) is 17.9 Å². The highest BCUT2D eigenvalue weighted by atomic mass is 16.2. The Hall–Kier alpha value is -3.29. The molecule has 0 aromatic carbocycles. The number of hydrogen-bond acceptors (Lipinski definition) is 5. The molecule has 0 fully saturated rings. The van der Waals surface area contributed by atoms with Gasteiger partial charge in [0.25, 0.3) is 11.5 Å². The Labute approximate surface area is 137 Å². The molecule has 0 spiro atoms. The minimum Gasteiger partial charge on any atom is -0.328 e. The van der Waals surface area contributed by atoms with Crippen molar-refractivity contribution in [2.24, 2.45) is 0 Å². The van der Waals surface area contributed by atoms with E-state index in [1.165, 1.54) is 10.7 Å². The summed E-state index contributed by atoms with van der Waals surface area (Å²) in [6.07, 6.45) is 2.20. The number of aromatic amines is 1. The number of hydrogen-bond donors (Lipinski definition) is 2. The molecule has 0 unspecified atom stereocenters. The van der Waals surface area contributed by atoms with Crippen molar-refractivity contribution in [2.75, 3.05) is 5.32 Å². The fourth-order valence-corrected chi connectivity index (χ4v) is 2.21. The van der Waals surface area contributed by atoms with Crippen molar-refractivity contribution in [1.29, 1.82) is 0 Å². The second-order valence-electron chi connectivity index (χ2n) is 5.17. The molecule has 0 saturated heterocycles. The summed E-state index contributed by atoms with van der Waals surface area (Å²) < 4.78 is 1.40. The number of H-pyrrole nitrogens is 1. The second kappa shape index (κ2) is 6.45. The summed E-state index contributed by atoms with van der Waals surface area (Å²) in [5, 5.41) is 7.03. The predicted octanol–water partition coefficient (Wildman–Crippen LogP) is 1.47. The number of carbonyl (C=O) groups excluding carboxylic acids is 1. The van der Waals surface area contributed by atoms with E-state index in [0.717, 1.165) is 5.69 Å². The van der Waals surface area contributed by atoms with E-state index >= 15 is 0 Å². The second-order valence-corrected chi connectivity index (χ2v) is 5.17. The summed E-state index contributed by atoms with van der Waals surface area (Å²) >= 11 is 0. The lowest BCUT2D eigenvalue weighted by Gasteiger charge is -2.08. The lowest BCUT2D eigenvalue weighted by molar-refractivity contribution is 0.102. The van der Waals surface area contributed by atoms with E-state index in [4.69, 9.17) is 0 Å². The number of aromatic nitrogens is 5. The molecule has 8 nitrogen and oxygen atoms in total. The van der Waals surface area contributed by atoms with Gasteiger partial charge >= 0.3 is 0 Å². The largest absolute Gasteiger partial charge is 0.328 e. The molecule has 3 aromatic rings. The molecular formula is C16H16N6O2. The van der Waals surface area contributed by atoms with Crippen LogP contribution in [0.25, 0.3) is 5.95 Å². The van der Waals surface area contributed by atoms with Crippen molar-refractivity contribution in [2.45, 2.75) is 20.3 Å². The molecule has 122 valence electrons. The zero-order chi connectivity index (χ0) is 17.1. The maximum Gasteiger partial charge on any atom is 0.275 e. The maximum atomic E-state index is 12.3. The zero-order valence-corrected chi connectivity index (χ0v) is 13.3. The maximum absolute atomic E-state index is 12.3. The third-order valence-corrected chi connectivity index (χ3v) is 3.34. The van der Waals surface area contributed by atoms with Crippen molar-refractivity contribution in [3.05, 3.63) is 64.0 Å². The van der Waals surface area contributed by atoms with Crippen LogP contribution in [0.1, 0.15) is 28.8 Å². The van der Waals surface area contributed by atoms with Gasteiger partial charge < -0.3 is 10.3 Å². The highest BCUT2D eigenvalue weighted by Gasteiger charge is 2.15. The monoisotopic (exact) mass is 324 g/mol. The third-order valence-electron chi connectivity index (χ3n) is 3.34. The molecule has 3 heterocycles. The van der Waals surface area contributed by atoms with E-state index in [1.807, 2.05) is 6.92 Å². The van der Waals surface area contributed by atoms with Crippen LogP contribution in [0.2, 0.25) is 0 Å². The van der Waals surface area contributed by atoms with Gasteiger partial charge in [-0.1, -0.05) is 13.0 Å². The number of aryl methyl sites for hydroxylation is 2. The highest BCUT2D eigenvalue weighted by Crippen LogP contribution is 2.15. The Kier molecular flexibility index (Phi) is 4.19. The number of pyridine rings is 1. The summed E-state index contributed by atoms with van der Waals surface area (Å²) in [4.78, 5) is 35.0. The number of nitrogens with zero attached hydrogens (tertiary/aromatic N) is 4. The van der Waals surface area contributed by atoms with E-state index in [2.05, 4.69) is 25.4 Å². The molecule has 0 aliphatic carbocycles. The number of rotatable bonds is 4. The lowest BCUT2D eigenvalue weighted by atomic mass is 10.3. The van der Waals surface area contributed by atoms with Gasteiger partial charge in [0.05, 0.1) is 5.69 Å². The quantitative estimate of drug-likeness (QED) is 0.756. The number of carbonyl (C=O) groups is 1. The first-order chi connectivity index (χ1) is 11.6. The predicted molar refractivity (Wildman–Crippen MR) is 88.3 cm³/mol. The normalized spacial score (nSPS) is 10.6. The fourth-order valence-electron chi connectivity index (χ4n) is 2.21. The van der Waals surface area contributed by atoms with Crippen LogP contribution in [-0.2, 0) is 6.42 Å². The average Bonchev–Trinajstić information content (AvgIpc) is 2.95. The van der Waals surface area contributed by atoms with Crippen LogP contribution in [-0.4, -0.2) is 30.6 Å². The van der Waals surface area contributed by atoms with Gasteiger partial charge in [-0.15, -0.1) is 0 Å². The van der Waals surface area contributed by atoms with Crippen molar-refractivity contribution in [3.63, 3.8) is 0 Å². The molecule has 0 bridgehead atoms. The Morgan fingerprint density at radius 3 is 2.88 bits per heavy atom. The Bertz CT molecular complexity index is 929. The molecule has 0 aliphatic heterocycles. The van der Waals surface area contributed by atoms with Crippen LogP contribution in [0.15, 0.2) is 41.3 Å². The van der Waals surface area contributed by atoms with Crippen molar-refractivity contribution < 1.29 is 4.79 Å². The van der Waals surface area contributed by atoms with Gasteiger partial charge in [0.2, 0.25) is 5.95 Å². The van der Waals surface area contributed by atoms with E-state index in [9.17, 15) is 9.59 Å².